The van der Waals surface area contributed by atoms with E-state index in [9.17, 15) is 18.8 Å². The van der Waals surface area contributed by atoms with Crippen molar-refractivity contribution in [1.29, 1.82) is 0 Å². The van der Waals surface area contributed by atoms with Gasteiger partial charge in [-0.25, -0.2) is 13.8 Å². The highest BCUT2D eigenvalue weighted by molar-refractivity contribution is 7.21. The molecule has 1 fully saturated rings. The molecule has 0 N–H and O–H groups in total. The van der Waals surface area contributed by atoms with Crippen LogP contribution in [-0.4, -0.2) is 62.2 Å². The minimum atomic E-state index is -0.931. The van der Waals surface area contributed by atoms with Crippen LogP contribution in [0.1, 0.15) is 43.0 Å². The van der Waals surface area contributed by atoms with E-state index in [0.717, 1.165) is 4.57 Å². The molecule has 13 heteroatoms. The summed E-state index contributed by atoms with van der Waals surface area (Å²) in [5, 5.41) is 9.29. The molecule has 216 valence electrons. The number of rotatable bonds is 10. The third kappa shape index (κ3) is 5.22. The maximum absolute atomic E-state index is 14.5. The Morgan fingerprint density at radius 1 is 1.22 bits per heavy atom. The summed E-state index contributed by atoms with van der Waals surface area (Å²) >= 11 is 1.19. The maximum Gasteiger partial charge on any atom is 0.332 e. The molecule has 0 radical (unpaired) electrons. The van der Waals surface area contributed by atoms with Gasteiger partial charge in [-0.05, 0) is 44.9 Å². The van der Waals surface area contributed by atoms with E-state index in [0.29, 0.717) is 58.1 Å². The zero-order chi connectivity index (χ0) is 29.3. The molecule has 0 unspecified atom stereocenters. The van der Waals surface area contributed by atoms with E-state index < -0.39 is 29.2 Å². The Balaban J connectivity index is 1.74. The summed E-state index contributed by atoms with van der Waals surface area (Å²) in [6, 6.07) is 3.19. The Bertz CT molecular complexity index is 1720. The topological polar surface area (TPSA) is 113 Å². The Morgan fingerprint density at radius 3 is 2.63 bits per heavy atom. The Morgan fingerprint density at radius 2 is 1.98 bits per heavy atom. The van der Waals surface area contributed by atoms with Crippen molar-refractivity contribution in [2.75, 3.05) is 27.3 Å². The number of likely N-dealkylation sites (tertiary alicyclic amines) is 1. The predicted octanol–water partition coefficient (Wildman–Crippen LogP) is 3.39. The van der Waals surface area contributed by atoms with Crippen LogP contribution in [-0.2, 0) is 16.1 Å². The second-order valence-electron chi connectivity index (χ2n) is 9.77. The van der Waals surface area contributed by atoms with Crippen molar-refractivity contribution in [2.24, 2.45) is 0 Å². The van der Waals surface area contributed by atoms with Gasteiger partial charge < -0.3 is 14.4 Å². The van der Waals surface area contributed by atoms with Crippen LogP contribution >= 0.6 is 11.3 Å². The maximum atomic E-state index is 14.5. The van der Waals surface area contributed by atoms with Gasteiger partial charge in [0, 0.05) is 24.7 Å². The molecule has 41 heavy (non-hydrogen) atoms. The second-order valence-corrected chi connectivity index (χ2v) is 10.7. The van der Waals surface area contributed by atoms with Crippen molar-refractivity contribution in [2.45, 2.75) is 45.4 Å². The molecule has 0 aliphatic carbocycles. The number of halogens is 1. The highest BCUT2D eigenvalue weighted by Gasteiger charge is 2.35. The van der Waals surface area contributed by atoms with Crippen molar-refractivity contribution in [3.63, 3.8) is 0 Å². The zero-order valence-electron chi connectivity index (χ0n) is 23.2. The third-order valence-electron chi connectivity index (χ3n) is 7.26. The number of aromatic nitrogens is 5. The van der Waals surface area contributed by atoms with Crippen LogP contribution < -0.4 is 16.0 Å². The molecule has 0 saturated carbocycles. The number of amides is 1. The molecular formula is C28H31FN6O5S. The number of benzene rings is 1. The highest BCUT2D eigenvalue weighted by atomic mass is 32.1. The predicted molar refractivity (Wildman–Crippen MR) is 152 cm³/mol. The highest BCUT2D eigenvalue weighted by Crippen LogP contribution is 2.34. The lowest BCUT2D eigenvalue weighted by molar-refractivity contribution is -0.129. The molecule has 1 aromatic carbocycles. The number of nitrogens with zero attached hydrogens (tertiary/aromatic N) is 6. The van der Waals surface area contributed by atoms with Gasteiger partial charge in [-0.3, -0.25) is 14.2 Å². The summed E-state index contributed by atoms with van der Waals surface area (Å²) in [7, 11) is 3.12. The van der Waals surface area contributed by atoms with Gasteiger partial charge in [0.1, 0.15) is 33.5 Å². The average molecular weight is 583 g/mol. The molecular weight excluding hydrogens is 551 g/mol. The quantitative estimate of drug-likeness (QED) is 0.208. The van der Waals surface area contributed by atoms with Crippen molar-refractivity contribution >= 4 is 27.5 Å². The van der Waals surface area contributed by atoms with E-state index in [4.69, 9.17) is 9.47 Å². The molecule has 1 aliphatic heterocycles. The van der Waals surface area contributed by atoms with Crippen LogP contribution in [0, 0.1) is 12.7 Å². The van der Waals surface area contributed by atoms with Crippen molar-refractivity contribution in [3.05, 3.63) is 80.5 Å². The van der Waals surface area contributed by atoms with E-state index >= 15 is 0 Å². The zero-order valence-corrected chi connectivity index (χ0v) is 24.1. The fourth-order valence-electron chi connectivity index (χ4n) is 5.15. The van der Waals surface area contributed by atoms with Gasteiger partial charge in [0.2, 0.25) is 5.91 Å². The van der Waals surface area contributed by atoms with Crippen molar-refractivity contribution in [1.82, 2.24) is 29.0 Å². The number of aryl methyl sites for hydroxylation is 1. The first-order valence-corrected chi connectivity index (χ1v) is 14.0. The molecule has 4 heterocycles. The number of carbonyl (C=O) groups is 1. The standard InChI is InChI=1S/C28H31FN6O5S/c1-5-6-7-14-40-22(19-15-18(29)8-9-21(19)39-4)16-33-27-23(17(2)26(41-27)35-30-11-12-31-35)25(37)34(28(33)38)20-10-13-32(3)24(20)36/h5-6,8-9,11-12,15,20,22H,7,10,13-14,16H2,1-4H3/b6-5+/t20-,22-/m0/s1. The van der Waals surface area contributed by atoms with Gasteiger partial charge in [0.25, 0.3) is 5.56 Å². The normalized spacial score (nSPS) is 16.4. The van der Waals surface area contributed by atoms with E-state index in [1.807, 2.05) is 19.1 Å². The van der Waals surface area contributed by atoms with Gasteiger partial charge >= 0.3 is 5.69 Å². The molecule has 1 aliphatic rings. The average Bonchev–Trinajstić information content (AvgIpc) is 3.68. The number of thiophene rings is 1. The van der Waals surface area contributed by atoms with Crippen molar-refractivity contribution < 1.29 is 18.7 Å². The lowest BCUT2D eigenvalue weighted by Crippen LogP contribution is -2.44. The smallest absolute Gasteiger partial charge is 0.332 e. The number of methoxy groups -OCH3 is 1. The molecule has 11 nitrogen and oxygen atoms in total. The number of allylic oxidation sites excluding steroid dienone is 1. The lowest BCUT2D eigenvalue weighted by atomic mass is 10.1. The van der Waals surface area contributed by atoms with E-state index in [2.05, 4.69) is 10.2 Å². The first kappa shape index (κ1) is 28.4. The van der Waals surface area contributed by atoms with Gasteiger partial charge in [-0.2, -0.15) is 10.2 Å². The van der Waals surface area contributed by atoms with E-state index in [-0.39, 0.29) is 12.5 Å². The van der Waals surface area contributed by atoms with Crippen LogP contribution in [0.3, 0.4) is 0 Å². The summed E-state index contributed by atoms with van der Waals surface area (Å²) in [5.41, 5.74) is -0.183. The van der Waals surface area contributed by atoms with Crippen molar-refractivity contribution in [3.8, 4) is 10.8 Å². The van der Waals surface area contributed by atoms with Gasteiger partial charge in [0.15, 0.2) is 0 Å². The minimum absolute atomic E-state index is 0.0616. The van der Waals surface area contributed by atoms with Crippen LogP contribution in [0.15, 0.2) is 52.3 Å². The number of hydrogen-bond donors (Lipinski definition) is 0. The molecule has 1 amide bonds. The molecule has 2 atom stereocenters. The monoisotopic (exact) mass is 582 g/mol. The number of carbonyl (C=O) groups excluding carboxylic acids is 1. The third-order valence-corrected chi connectivity index (χ3v) is 8.54. The number of likely N-dealkylation sites (N-methyl/N-ethyl adjacent to an activating group) is 1. The summed E-state index contributed by atoms with van der Waals surface area (Å²) in [6.45, 7) is 4.33. The number of hydrogen-bond acceptors (Lipinski definition) is 8. The van der Waals surface area contributed by atoms with Crippen LogP contribution in [0.25, 0.3) is 15.2 Å². The summed E-state index contributed by atoms with van der Waals surface area (Å²) in [6.07, 6.45) is 7.00. The van der Waals surface area contributed by atoms with Crippen LogP contribution in [0.5, 0.6) is 5.75 Å². The fraction of sp³-hybridized carbons (Fsp3) is 0.393. The Hall–Kier alpha value is -4.10. The lowest BCUT2D eigenvalue weighted by Gasteiger charge is -2.23. The molecule has 0 spiro atoms. The largest absolute Gasteiger partial charge is 0.496 e. The Labute approximate surface area is 239 Å². The SMILES string of the molecule is C/C=C/CCO[C@@H](Cn1c(=O)n([C@H]2CCN(C)C2=O)c(=O)c2c(C)c(-n3nccn3)sc21)c1cc(F)ccc1OC. The summed E-state index contributed by atoms with van der Waals surface area (Å²) < 4.78 is 28.7. The van der Waals surface area contributed by atoms with Crippen LogP contribution in [0.2, 0.25) is 0 Å². The number of ether oxygens (including phenoxy) is 2. The molecule has 4 aromatic rings. The second kappa shape index (κ2) is 11.8. The van der Waals surface area contributed by atoms with Crippen LogP contribution in [0.4, 0.5) is 4.39 Å². The molecule has 3 aromatic heterocycles. The Kier molecular flexibility index (Phi) is 8.18. The summed E-state index contributed by atoms with van der Waals surface area (Å²) in [4.78, 5) is 44.4. The fourth-order valence-corrected chi connectivity index (χ4v) is 6.37. The molecule has 5 rings (SSSR count). The summed E-state index contributed by atoms with van der Waals surface area (Å²) in [5.74, 6) is -0.386. The molecule has 0 bridgehead atoms. The minimum Gasteiger partial charge on any atom is -0.496 e. The van der Waals surface area contributed by atoms with Gasteiger partial charge in [-0.1, -0.05) is 23.5 Å². The molecule has 1 saturated heterocycles. The first-order chi connectivity index (χ1) is 19.8. The van der Waals surface area contributed by atoms with E-state index in [1.165, 1.54) is 63.3 Å². The van der Waals surface area contributed by atoms with E-state index in [1.54, 1.807) is 14.0 Å². The van der Waals surface area contributed by atoms with Gasteiger partial charge in [0.05, 0.1) is 38.0 Å². The first-order valence-electron chi connectivity index (χ1n) is 13.2. The van der Waals surface area contributed by atoms with Gasteiger partial charge in [-0.15, -0.1) is 4.80 Å². The number of fused-ring (bicyclic) bond motifs is 1.